The van der Waals surface area contributed by atoms with Crippen LogP contribution in [0, 0.1) is 5.82 Å². The molecule has 0 spiro atoms. The lowest BCUT2D eigenvalue weighted by Crippen LogP contribution is -2.47. The Hall–Kier alpha value is -2.67. The monoisotopic (exact) mass is 422 g/mol. The first kappa shape index (κ1) is 24.4. The van der Waals surface area contributed by atoms with Gasteiger partial charge in [-0.15, -0.1) is 0 Å². The number of carbonyl (C=O) groups is 2. The second-order valence-electron chi connectivity index (χ2n) is 6.55. The molecule has 0 aliphatic carbocycles. The van der Waals surface area contributed by atoms with E-state index in [1.807, 2.05) is 20.8 Å². The van der Waals surface area contributed by atoms with Gasteiger partial charge >= 0.3 is 0 Å². The van der Waals surface area contributed by atoms with Gasteiger partial charge in [-0.05, 0) is 32.4 Å². The largest absolute Gasteiger partial charge is 0.350 e. The van der Waals surface area contributed by atoms with Crippen molar-refractivity contribution in [2.75, 3.05) is 13.1 Å². The number of halogens is 2. The minimum atomic E-state index is -0.569. The first-order chi connectivity index (χ1) is 13.7. The maximum atomic E-state index is 13.9. The van der Waals surface area contributed by atoms with Crippen LogP contribution in [0.1, 0.15) is 32.8 Å². The molecule has 0 bridgehead atoms. The van der Waals surface area contributed by atoms with Crippen molar-refractivity contribution < 1.29 is 14.0 Å². The number of hydrazone groups is 1. The van der Waals surface area contributed by atoms with Crippen LogP contribution in [0.4, 0.5) is 4.39 Å². The Morgan fingerprint density at radius 1 is 1.34 bits per heavy atom. The molecule has 1 aromatic carbocycles. The molecule has 158 valence electrons. The molecule has 8 heteroatoms. The molecule has 1 N–H and O–H groups in total. The molecule has 29 heavy (non-hydrogen) atoms. The second-order valence-corrected chi connectivity index (χ2v) is 6.96. The first-order valence-electron chi connectivity index (χ1n) is 9.29. The fraction of sp³-hybridized carbons (Fsp3) is 0.381. The number of hydrogen-bond acceptors (Lipinski definition) is 4. The number of allylic oxidation sites excluding steroid dienone is 3. The van der Waals surface area contributed by atoms with E-state index in [1.54, 1.807) is 24.3 Å². The van der Waals surface area contributed by atoms with Gasteiger partial charge < -0.3 is 10.2 Å². The summed E-state index contributed by atoms with van der Waals surface area (Å²) in [6.45, 7) is 12.5. The van der Waals surface area contributed by atoms with E-state index in [4.69, 9.17) is 11.6 Å². The molecule has 0 aromatic heterocycles. The maximum Gasteiger partial charge on any atom is 0.245 e. The summed E-state index contributed by atoms with van der Waals surface area (Å²) in [7, 11) is 0. The minimum Gasteiger partial charge on any atom is -0.350 e. The number of rotatable bonds is 11. The molecule has 0 fully saturated rings. The van der Waals surface area contributed by atoms with Crippen LogP contribution in [0.2, 0.25) is 5.02 Å². The van der Waals surface area contributed by atoms with Crippen molar-refractivity contribution in [2.45, 2.75) is 39.8 Å². The van der Waals surface area contributed by atoms with E-state index in [0.29, 0.717) is 6.42 Å². The van der Waals surface area contributed by atoms with Crippen molar-refractivity contribution in [3.8, 4) is 0 Å². The van der Waals surface area contributed by atoms with Crippen LogP contribution in [-0.2, 0) is 16.1 Å². The van der Waals surface area contributed by atoms with Gasteiger partial charge in [0, 0.05) is 30.6 Å². The molecular weight excluding hydrogens is 395 g/mol. The average Bonchev–Trinajstić information content (AvgIpc) is 2.69. The third kappa shape index (κ3) is 7.34. The van der Waals surface area contributed by atoms with E-state index >= 15 is 0 Å². The van der Waals surface area contributed by atoms with Crippen LogP contribution in [0.25, 0.3) is 0 Å². The van der Waals surface area contributed by atoms with Crippen LogP contribution in [0.3, 0.4) is 0 Å². The van der Waals surface area contributed by atoms with E-state index in [2.05, 4.69) is 23.7 Å². The lowest BCUT2D eigenvalue weighted by molar-refractivity contribution is -0.138. The van der Waals surface area contributed by atoms with E-state index < -0.39 is 11.7 Å². The van der Waals surface area contributed by atoms with Crippen molar-refractivity contribution in [1.29, 1.82) is 0 Å². The van der Waals surface area contributed by atoms with E-state index in [9.17, 15) is 14.0 Å². The highest BCUT2D eigenvalue weighted by atomic mass is 35.5. The molecule has 0 atom stereocenters. The number of hydrogen-bond donors (Lipinski definition) is 1. The molecule has 0 radical (unpaired) electrons. The van der Waals surface area contributed by atoms with Gasteiger partial charge in [0.2, 0.25) is 11.8 Å². The number of carbonyl (C=O) groups excluding carboxylic acids is 2. The Bertz CT molecular complexity index is 780. The van der Waals surface area contributed by atoms with Crippen LogP contribution < -0.4 is 5.32 Å². The molecule has 0 saturated heterocycles. The Kier molecular flexibility index (Phi) is 10.1. The predicted molar refractivity (Wildman–Crippen MR) is 115 cm³/mol. The Morgan fingerprint density at radius 2 is 2.03 bits per heavy atom. The quantitative estimate of drug-likeness (QED) is 0.335. The fourth-order valence-electron chi connectivity index (χ4n) is 2.63. The molecule has 0 aliphatic rings. The fourth-order valence-corrected chi connectivity index (χ4v) is 2.83. The highest BCUT2D eigenvalue weighted by Crippen LogP contribution is 2.17. The van der Waals surface area contributed by atoms with Gasteiger partial charge in [-0.2, -0.15) is 5.10 Å². The van der Waals surface area contributed by atoms with Crippen LogP contribution in [-0.4, -0.2) is 47.6 Å². The molecule has 0 saturated carbocycles. The van der Waals surface area contributed by atoms with Crippen LogP contribution in [0.5, 0.6) is 0 Å². The molecule has 1 rings (SSSR count). The lowest BCUT2D eigenvalue weighted by Gasteiger charge is -2.29. The third-order valence-electron chi connectivity index (χ3n) is 4.22. The van der Waals surface area contributed by atoms with Crippen molar-refractivity contribution >= 4 is 30.1 Å². The van der Waals surface area contributed by atoms with E-state index in [1.165, 1.54) is 16.0 Å². The standard InChI is InChI=1S/C21H28ClFN4O2/c1-6-9-17(7-2)27(24-5)14-20(29)26(15(3)4)13-19(28)25-12-16-10-8-11-18(22)21(16)23/h6,8-11,15H,1,5,7,12-14H2,2-4H3,(H,25,28)/b17-9+. The molecular formula is C21H28ClFN4O2. The lowest BCUT2D eigenvalue weighted by atomic mass is 10.2. The predicted octanol–water partition coefficient (Wildman–Crippen LogP) is 3.73. The molecule has 2 amide bonds. The van der Waals surface area contributed by atoms with Gasteiger partial charge in [0.1, 0.15) is 12.4 Å². The number of amides is 2. The molecule has 0 aliphatic heterocycles. The zero-order valence-corrected chi connectivity index (χ0v) is 17.9. The summed E-state index contributed by atoms with van der Waals surface area (Å²) in [6.07, 6.45) is 4.02. The van der Waals surface area contributed by atoms with Crippen molar-refractivity contribution in [1.82, 2.24) is 15.2 Å². The van der Waals surface area contributed by atoms with Gasteiger partial charge in [0.25, 0.3) is 0 Å². The zero-order valence-electron chi connectivity index (χ0n) is 17.1. The summed E-state index contributed by atoms with van der Waals surface area (Å²) in [5, 5.41) is 8.00. The Balaban J connectivity index is 2.78. The number of benzene rings is 1. The average molecular weight is 423 g/mol. The molecule has 6 nitrogen and oxygen atoms in total. The van der Waals surface area contributed by atoms with Crippen LogP contribution >= 0.6 is 11.6 Å². The smallest absolute Gasteiger partial charge is 0.245 e. The number of nitrogens with one attached hydrogen (secondary N) is 1. The normalized spacial score (nSPS) is 11.2. The zero-order chi connectivity index (χ0) is 22.0. The number of nitrogens with zero attached hydrogens (tertiary/aromatic N) is 3. The first-order valence-corrected chi connectivity index (χ1v) is 9.67. The summed E-state index contributed by atoms with van der Waals surface area (Å²) in [4.78, 5) is 26.6. The van der Waals surface area contributed by atoms with Crippen molar-refractivity contribution in [3.05, 3.63) is 59.0 Å². The minimum absolute atomic E-state index is 0.00735. The summed E-state index contributed by atoms with van der Waals surface area (Å²) < 4.78 is 13.9. The Labute approximate surface area is 176 Å². The van der Waals surface area contributed by atoms with E-state index in [0.717, 1.165) is 5.70 Å². The summed E-state index contributed by atoms with van der Waals surface area (Å²) in [5.74, 6) is -1.25. The molecule has 1 aromatic rings. The van der Waals surface area contributed by atoms with Crippen LogP contribution in [0.15, 0.2) is 47.7 Å². The van der Waals surface area contributed by atoms with Gasteiger partial charge in [-0.1, -0.05) is 43.3 Å². The van der Waals surface area contributed by atoms with Gasteiger partial charge in [-0.25, -0.2) is 4.39 Å². The van der Waals surface area contributed by atoms with Gasteiger partial charge in [0.15, 0.2) is 0 Å². The molecule has 0 heterocycles. The highest BCUT2D eigenvalue weighted by molar-refractivity contribution is 6.30. The van der Waals surface area contributed by atoms with Gasteiger partial charge in [0.05, 0.1) is 11.6 Å². The summed E-state index contributed by atoms with van der Waals surface area (Å²) in [5.41, 5.74) is 1.06. The maximum absolute atomic E-state index is 13.9. The SMILES string of the molecule is C=C/C=C(\CC)N(CC(=O)N(CC(=O)NCc1cccc(Cl)c1F)C(C)C)N=C. The van der Waals surface area contributed by atoms with Crippen molar-refractivity contribution in [3.63, 3.8) is 0 Å². The topological polar surface area (TPSA) is 65.0 Å². The highest BCUT2D eigenvalue weighted by Gasteiger charge is 2.23. The summed E-state index contributed by atoms with van der Waals surface area (Å²) in [6, 6.07) is 4.37. The van der Waals surface area contributed by atoms with E-state index in [-0.39, 0.29) is 42.2 Å². The third-order valence-corrected chi connectivity index (χ3v) is 4.52. The summed E-state index contributed by atoms with van der Waals surface area (Å²) >= 11 is 5.75. The van der Waals surface area contributed by atoms with Crippen molar-refractivity contribution in [2.24, 2.45) is 5.10 Å². The second kappa shape index (κ2) is 12.0. The Morgan fingerprint density at radius 3 is 2.59 bits per heavy atom. The molecule has 0 unspecified atom stereocenters. The van der Waals surface area contributed by atoms with Gasteiger partial charge in [-0.3, -0.25) is 14.6 Å².